The monoisotopic (exact) mass is 279 g/mol. The van der Waals surface area contributed by atoms with Gasteiger partial charge >= 0.3 is 6.09 Å². The van der Waals surface area contributed by atoms with Crippen molar-refractivity contribution in [3.8, 4) is 0 Å². The van der Waals surface area contributed by atoms with Crippen LogP contribution in [0.1, 0.15) is 23.5 Å². The fourth-order valence-corrected chi connectivity index (χ4v) is 3.38. The minimum atomic E-state index is -0.183. The van der Waals surface area contributed by atoms with E-state index in [-0.39, 0.29) is 11.6 Å². The molecule has 1 aliphatic carbocycles. The predicted octanol–water partition coefficient (Wildman–Crippen LogP) is 3.57. The average molecular weight is 279 g/mol. The van der Waals surface area contributed by atoms with Crippen molar-refractivity contribution >= 4 is 6.09 Å². The van der Waals surface area contributed by atoms with Crippen LogP contribution in [0, 0.1) is 0 Å². The lowest BCUT2D eigenvalue weighted by molar-refractivity contribution is 0.155. The highest BCUT2D eigenvalue weighted by molar-refractivity contribution is 5.73. The summed E-state index contributed by atoms with van der Waals surface area (Å²) in [5.41, 5.74) is 2.32. The normalized spacial score (nSPS) is 27.0. The van der Waals surface area contributed by atoms with Crippen LogP contribution in [0.2, 0.25) is 0 Å². The molecular formula is C18H17NO2. The van der Waals surface area contributed by atoms with Crippen molar-refractivity contribution in [2.24, 2.45) is 0 Å². The first-order valence-corrected chi connectivity index (χ1v) is 7.33. The zero-order valence-corrected chi connectivity index (χ0v) is 11.7. The molecule has 1 amide bonds. The highest BCUT2D eigenvalue weighted by Crippen LogP contribution is 2.58. The molecule has 1 spiro atoms. The van der Waals surface area contributed by atoms with Crippen molar-refractivity contribution in [2.45, 2.75) is 24.4 Å². The van der Waals surface area contributed by atoms with Gasteiger partial charge < -0.3 is 4.74 Å². The third-order valence-corrected chi connectivity index (χ3v) is 4.64. The number of carbonyl (C=O) groups is 1. The van der Waals surface area contributed by atoms with Crippen molar-refractivity contribution < 1.29 is 9.53 Å². The van der Waals surface area contributed by atoms with Crippen LogP contribution in [0.4, 0.5) is 4.79 Å². The molecule has 1 aliphatic heterocycles. The van der Waals surface area contributed by atoms with Gasteiger partial charge in [0.05, 0.1) is 5.54 Å². The summed E-state index contributed by atoms with van der Waals surface area (Å²) in [4.78, 5) is 14.0. The first-order valence-electron chi connectivity index (χ1n) is 7.33. The van der Waals surface area contributed by atoms with Crippen LogP contribution in [0.3, 0.4) is 0 Å². The van der Waals surface area contributed by atoms with Gasteiger partial charge in [-0.1, -0.05) is 60.7 Å². The average Bonchev–Trinajstić information content (AvgIpc) is 3.20. The fourth-order valence-electron chi connectivity index (χ4n) is 3.38. The van der Waals surface area contributed by atoms with Crippen LogP contribution in [0.15, 0.2) is 60.7 Å². The fraction of sp³-hybridized carbons (Fsp3) is 0.278. The maximum atomic E-state index is 12.1. The third kappa shape index (κ3) is 2.00. The number of amides is 1. The third-order valence-electron chi connectivity index (χ3n) is 4.64. The predicted molar refractivity (Wildman–Crippen MR) is 79.9 cm³/mol. The molecule has 2 aliphatic rings. The van der Waals surface area contributed by atoms with Crippen LogP contribution in [0.5, 0.6) is 0 Å². The topological polar surface area (TPSA) is 29.5 Å². The summed E-state index contributed by atoms with van der Waals surface area (Å²) in [6.07, 6.45) is 0.813. The van der Waals surface area contributed by atoms with Crippen LogP contribution in [-0.2, 0) is 11.3 Å². The number of hydrogen-bond acceptors (Lipinski definition) is 2. The Balaban J connectivity index is 1.60. The Morgan fingerprint density at radius 2 is 1.71 bits per heavy atom. The molecule has 0 radical (unpaired) electrons. The lowest BCUT2D eigenvalue weighted by atomic mass is 10.1. The molecule has 3 nitrogen and oxygen atoms in total. The Hall–Kier alpha value is -2.29. The molecule has 1 saturated carbocycles. The lowest BCUT2D eigenvalue weighted by Gasteiger charge is -2.22. The Bertz CT molecular complexity index is 655. The standard InChI is InChI=1S/C18H17NO2/c20-17-19(12-14-7-3-1-4-8-14)18(13-21-17)11-16(18)15-9-5-2-6-10-15/h1-10,16H,11-13H2/t16-,18-/m0/s1. The summed E-state index contributed by atoms with van der Waals surface area (Å²) in [7, 11) is 0. The SMILES string of the molecule is O=C1OC[C@]2(C[C@H]2c2ccccc2)N1Cc1ccccc1. The summed E-state index contributed by atoms with van der Waals surface area (Å²) in [5, 5.41) is 0. The van der Waals surface area contributed by atoms with Crippen molar-refractivity contribution in [3.05, 3.63) is 71.8 Å². The molecule has 2 aromatic rings. The van der Waals surface area contributed by atoms with Crippen molar-refractivity contribution in [1.82, 2.24) is 4.90 Å². The molecule has 4 rings (SSSR count). The summed E-state index contributed by atoms with van der Waals surface area (Å²) < 4.78 is 5.35. The lowest BCUT2D eigenvalue weighted by Crippen LogP contribution is -2.36. The van der Waals surface area contributed by atoms with Gasteiger partial charge in [-0.2, -0.15) is 0 Å². The van der Waals surface area contributed by atoms with Crippen molar-refractivity contribution in [2.75, 3.05) is 6.61 Å². The van der Waals surface area contributed by atoms with Gasteiger partial charge in [0.1, 0.15) is 6.61 Å². The quantitative estimate of drug-likeness (QED) is 0.859. The zero-order valence-electron chi connectivity index (χ0n) is 11.7. The number of benzene rings is 2. The van der Waals surface area contributed by atoms with Gasteiger partial charge in [-0.3, -0.25) is 4.90 Å². The van der Waals surface area contributed by atoms with Crippen LogP contribution in [0.25, 0.3) is 0 Å². The summed E-state index contributed by atoms with van der Waals surface area (Å²) >= 11 is 0. The molecule has 0 unspecified atom stereocenters. The second kappa shape index (κ2) is 4.62. The highest BCUT2D eigenvalue weighted by atomic mass is 16.6. The van der Waals surface area contributed by atoms with E-state index in [2.05, 4.69) is 36.4 Å². The van der Waals surface area contributed by atoms with Gasteiger partial charge in [0, 0.05) is 12.5 Å². The van der Waals surface area contributed by atoms with Gasteiger partial charge in [-0.05, 0) is 17.5 Å². The molecule has 2 atom stereocenters. The van der Waals surface area contributed by atoms with Crippen molar-refractivity contribution in [3.63, 3.8) is 0 Å². The molecule has 106 valence electrons. The van der Waals surface area contributed by atoms with Gasteiger partial charge in [0.2, 0.25) is 0 Å². The summed E-state index contributed by atoms with van der Waals surface area (Å²) in [6, 6.07) is 20.5. The molecule has 2 fully saturated rings. The van der Waals surface area contributed by atoms with E-state index in [4.69, 9.17) is 4.74 Å². The largest absolute Gasteiger partial charge is 0.447 e. The van der Waals surface area contributed by atoms with E-state index in [0.29, 0.717) is 19.1 Å². The van der Waals surface area contributed by atoms with E-state index in [1.807, 2.05) is 29.2 Å². The molecule has 0 N–H and O–H groups in total. The van der Waals surface area contributed by atoms with Gasteiger partial charge in [-0.15, -0.1) is 0 Å². The van der Waals surface area contributed by atoms with E-state index in [0.717, 1.165) is 12.0 Å². The van der Waals surface area contributed by atoms with E-state index in [1.54, 1.807) is 0 Å². The molecule has 0 aromatic heterocycles. The van der Waals surface area contributed by atoms with Crippen LogP contribution >= 0.6 is 0 Å². The highest BCUT2D eigenvalue weighted by Gasteiger charge is 2.64. The Labute approximate surface area is 124 Å². The molecular weight excluding hydrogens is 262 g/mol. The zero-order chi connectivity index (χ0) is 14.3. The molecule has 2 aromatic carbocycles. The molecule has 3 heteroatoms. The number of carbonyl (C=O) groups excluding carboxylic acids is 1. The van der Waals surface area contributed by atoms with Gasteiger partial charge in [0.25, 0.3) is 0 Å². The maximum absolute atomic E-state index is 12.1. The van der Waals surface area contributed by atoms with E-state index in [1.165, 1.54) is 5.56 Å². The van der Waals surface area contributed by atoms with E-state index >= 15 is 0 Å². The second-order valence-corrected chi connectivity index (χ2v) is 5.90. The molecule has 1 heterocycles. The number of ether oxygens (including phenoxy) is 1. The molecule has 1 saturated heterocycles. The number of hydrogen-bond donors (Lipinski definition) is 0. The number of nitrogens with zero attached hydrogens (tertiary/aromatic N) is 1. The van der Waals surface area contributed by atoms with E-state index < -0.39 is 0 Å². The van der Waals surface area contributed by atoms with Crippen LogP contribution in [-0.4, -0.2) is 23.1 Å². The number of rotatable bonds is 3. The van der Waals surface area contributed by atoms with Crippen LogP contribution < -0.4 is 0 Å². The molecule has 0 bridgehead atoms. The minimum Gasteiger partial charge on any atom is -0.447 e. The molecule has 21 heavy (non-hydrogen) atoms. The van der Waals surface area contributed by atoms with Crippen molar-refractivity contribution in [1.29, 1.82) is 0 Å². The maximum Gasteiger partial charge on any atom is 0.410 e. The first-order chi connectivity index (χ1) is 10.3. The van der Waals surface area contributed by atoms with Gasteiger partial charge in [0.15, 0.2) is 0 Å². The summed E-state index contributed by atoms with van der Waals surface area (Å²) in [6.45, 7) is 1.14. The Morgan fingerprint density at radius 3 is 2.43 bits per heavy atom. The number of cyclic esters (lactones) is 1. The Morgan fingerprint density at radius 1 is 1.05 bits per heavy atom. The smallest absolute Gasteiger partial charge is 0.410 e. The first kappa shape index (κ1) is 12.5. The van der Waals surface area contributed by atoms with Gasteiger partial charge in [-0.25, -0.2) is 4.79 Å². The Kier molecular flexibility index (Phi) is 2.74. The summed E-state index contributed by atoms with van der Waals surface area (Å²) in [5.74, 6) is 0.397. The second-order valence-electron chi connectivity index (χ2n) is 5.90. The van der Waals surface area contributed by atoms with E-state index in [9.17, 15) is 4.79 Å². The minimum absolute atomic E-state index is 0.131.